The number of fused-ring (bicyclic) bond motifs is 2. The van der Waals surface area contributed by atoms with Gasteiger partial charge in [0, 0.05) is 43.3 Å². The largest absolute Gasteiger partial charge is 0.463 e. The Kier molecular flexibility index (Phi) is 6.91. The van der Waals surface area contributed by atoms with Crippen LogP contribution in [0.2, 0.25) is 0 Å². The van der Waals surface area contributed by atoms with Gasteiger partial charge in [-0.15, -0.1) is 0 Å². The molecule has 0 aromatic carbocycles. The van der Waals surface area contributed by atoms with E-state index in [0.717, 1.165) is 22.4 Å². The summed E-state index contributed by atoms with van der Waals surface area (Å²) in [6.45, 7) is 2.24. The average Bonchev–Trinajstić information content (AvgIpc) is 3.39. The van der Waals surface area contributed by atoms with Gasteiger partial charge in [-0.25, -0.2) is 14.8 Å². The molecule has 0 aliphatic carbocycles. The Morgan fingerprint density at radius 1 is 1.00 bits per heavy atom. The monoisotopic (exact) mass is 390 g/mol. The summed E-state index contributed by atoms with van der Waals surface area (Å²) < 4.78 is 8.63. The van der Waals surface area contributed by atoms with E-state index in [1.807, 2.05) is 63.9 Å². The van der Waals surface area contributed by atoms with Crippen LogP contribution in [0.1, 0.15) is 18.1 Å². The second-order valence-corrected chi connectivity index (χ2v) is 5.98. The summed E-state index contributed by atoms with van der Waals surface area (Å²) in [7, 11) is 0. The number of aliphatic hydroxyl groups excluding tert-OH is 1. The van der Waals surface area contributed by atoms with E-state index in [9.17, 15) is 4.79 Å². The van der Waals surface area contributed by atoms with E-state index in [2.05, 4.69) is 9.97 Å². The van der Waals surface area contributed by atoms with Gasteiger partial charge in [-0.3, -0.25) is 0 Å². The van der Waals surface area contributed by atoms with E-state index < -0.39 is 0 Å². The molecule has 1 N–H and O–H groups in total. The smallest absolute Gasteiger partial charge is 0.330 e. The maximum absolute atomic E-state index is 11.1. The Labute approximate surface area is 168 Å². The van der Waals surface area contributed by atoms with E-state index in [4.69, 9.17) is 9.84 Å². The first-order valence-electron chi connectivity index (χ1n) is 9.17. The summed E-state index contributed by atoms with van der Waals surface area (Å²) in [5, 5.41) is 8.59. The van der Waals surface area contributed by atoms with Crippen molar-refractivity contribution >= 4 is 29.4 Å². The minimum absolute atomic E-state index is 0.0691. The summed E-state index contributed by atoms with van der Waals surface area (Å²) in [5.41, 5.74) is 3.74. The number of ether oxygens (including phenoxy) is 1. The van der Waals surface area contributed by atoms with E-state index >= 15 is 0 Å². The number of hydrogen-bond donors (Lipinski definition) is 1. The van der Waals surface area contributed by atoms with E-state index in [1.54, 1.807) is 31.5 Å². The Hall–Kier alpha value is -3.71. The lowest BCUT2D eigenvalue weighted by Crippen LogP contribution is -1.98. The molecule has 4 rings (SSSR count). The summed E-state index contributed by atoms with van der Waals surface area (Å²) in [6, 6.07) is 7.74. The number of aliphatic hydroxyl groups is 1. The van der Waals surface area contributed by atoms with Gasteiger partial charge in [-0.05, 0) is 48.4 Å². The zero-order valence-corrected chi connectivity index (χ0v) is 16.0. The maximum atomic E-state index is 11.1. The zero-order chi connectivity index (χ0) is 20.5. The van der Waals surface area contributed by atoms with E-state index in [1.165, 1.54) is 6.08 Å². The van der Waals surface area contributed by atoms with Gasteiger partial charge in [0.15, 0.2) is 0 Å². The van der Waals surface area contributed by atoms with Gasteiger partial charge in [0.1, 0.15) is 11.3 Å². The minimum atomic E-state index is -0.328. The lowest BCUT2D eigenvalue weighted by molar-refractivity contribution is -0.137. The van der Waals surface area contributed by atoms with E-state index in [-0.39, 0.29) is 12.6 Å². The molecule has 0 fully saturated rings. The molecule has 148 valence electrons. The van der Waals surface area contributed by atoms with Crippen molar-refractivity contribution in [2.24, 2.45) is 0 Å². The molecule has 0 unspecified atom stereocenters. The standard InChI is InChI=1S/C12H12N2O2.C10H10N2O/c1-2-16-12(15)4-3-10-5-7-14-8-6-13-11(14)9-10;13-7-1-2-9-3-5-12-6-4-11-10(12)8-9/h3-9H,2H2,1H3;1-6,8,13H,7H2/b4-3+;2-1+. The Balaban J connectivity index is 0.000000169. The highest BCUT2D eigenvalue weighted by Crippen LogP contribution is 2.08. The molecule has 4 aromatic heterocycles. The van der Waals surface area contributed by atoms with Crippen molar-refractivity contribution in [3.63, 3.8) is 0 Å². The predicted molar refractivity (Wildman–Crippen MR) is 112 cm³/mol. The number of aromatic nitrogens is 4. The molecule has 7 heteroatoms. The van der Waals surface area contributed by atoms with Crippen LogP contribution in [-0.4, -0.2) is 43.1 Å². The van der Waals surface area contributed by atoms with Crippen LogP contribution in [0.5, 0.6) is 0 Å². The number of carbonyl (C=O) groups is 1. The van der Waals surface area contributed by atoms with Gasteiger partial charge in [-0.1, -0.05) is 12.2 Å². The summed E-state index contributed by atoms with van der Waals surface area (Å²) in [5.74, 6) is -0.328. The van der Waals surface area contributed by atoms with Crippen molar-refractivity contribution in [1.82, 2.24) is 18.8 Å². The number of hydrogen-bond acceptors (Lipinski definition) is 5. The first-order chi connectivity index (χ1) is 14.2. The number of rotatable bonds is 5. The minimum Gasteiger partial charge on any atom is -0.463 e. The third-order valence-electron chi connectivity index (χ3n) is 3.96. The second-order valence-electron chi connectivity index (χ2n) is 5.98. The molecule has 0 aliphatic heterocycles. The molecule has 0 bridgehead atoms. The number of nitrogens with zero attached hydrogens (tertiary/aromatic N) is 4. The van der Waals surface area contributed by atoms with Crippen molar-refractivity contribution in [3.05, 3.63) is 84.7 Å². The van der Waals surface area contributed by atoms with Gasteiger partial charge >= 0.3 is 5.97 Å². The van der Waals surface area contributed by atoms with Gasteiger partial charge in [-0.2, -0.15) is 0 Å². The van der Waals surface area contributed by atoms with Crippen molar-refractivity contribution in [2.75, 3.05) is 13.2 Å². The van der Waals surface area contributed by atoms with E-state index in [0.29, 0.717) is 6.61 Å². The van der Waals surface area contributed by atoms with Gasteiger partial charge in [0.25, 0.3) is 0 Å². The summed E-state index contributed by atoms with van der Waals surface area (Å²) in [6.07, 6.45) is 17.8. The molecular weight excluding hydrogens is 368 g/mol. The lowest BCUT2D eigenvalue weighted by Gasteiger charge is -1.97. The molecule has 0 spiro atoms. The van der Waals surface area contributed by atoms with Crippen molar-refractivity contribution in [2.45, 2.75) is 6.92 Å². The van der Waals surface area contributed by atoms with Crippen LogP contribution < -0.4 is 0 Å². The summed E-state index contributed by atoms with van der Waals surface area (Å²) >= 11 is 0. The molecule has 0 atom stereocenters. The van der Waals surface area contributed by atoms with Crippen LogP contribution in [0.15, 0.2) is 73.6 Å². The number of imidazole rings is 2. The van der Waals surface area contributed by atoms with Crippen LogP contribution >= 0.6 is 0 Å². The SMILES string of the molecule is CCOC(=O)/C=C/c1ccn2ccnc2c1.OC/C=C/c1ccn2ccnc2c1. The number of esters is 1. The van der Waals surface area contributed by atoms with Crippen molar-refractivity contribution < 1.29 is 14.6 Å². The molecule has 4 heterocycles. The zero-order valence-electron chi connectivity index (χ0n) is 16.0. The van der Waals surface area contributed by atoms with Crippen LogP contribution in [0.25, 0.3) is 23.4 Å². The molecule has 0 saturated carbocycles. The second kappa shape index (κ2) is 10.0. The fraction of sp³-hybridized carbons (Fsp3) is 0.136. The molecule has 4 aromatic rings. The quantitative estimate of drug-likeness (QED) is 0.418. The predicted octanol–water partition coefficient (Wildman–Crippen LogP) is 3.25. The van der Waals surface area contributed by atoms with Crippen LogP contribution in [0, 0.1) is 0 Å². The average molecular weight is 390 g/mol. The highest BCUT2D eigenvalue weighted by atomic mass is 16.5. The summed E-state index contributed by atoms with van der Waals surface area (Å²) in [4.78, 5) is 19.4. The molecule has 0 saturated heterocycles. The van der Waals surface area contributed by atoms with Crippen molar-refractivity contribution in [3.8, 4) is 0 Å². The third-order valence-corrected chi connectivity index (χ3v) is 3.96. The van der Waals surface area contributed by atoms with Crippen LogP contribution in [0.3, 0.4) is 0 Å². The van der Waals surface area contributed by atoms with Gasteiger partial charge < -0.3 is 18.6 Å². The topological polar surface area (TPSA) is 81.1 Å². The maximum Gasteiger partial charge on any atom is 0.330 e. The highest BCUT2D eigenvalue weighted by Gasteiger charge is 1.96. The number of carbonyl (C=O) groups excluding carboxylic acids is 1. The van der Waals surface area contributed by atoms with Crippen LogP contribution in [0.4, 0.5) is 0 Å². The first kappa shape index (κ1) is 20.0. The lowest BCUT2D eigenvalue weighted by atomic mass is 10.2. The molecule has 0 amide bonds. The fourth-order valence-electron chi connectivity index (χ4n) is 2.60. The van der Waals surface area contributed by atoms with Crippen molar-refractivity contribution in [1.29, 1.82) is 0 Å². The molecule has 0 aliphatic rings. The molecule has 29 heavy (non-hydrogen) atoms. The Morgan fingerprint density at radius 2 is 1.59 bits per heavy atom. The fourth-order valence-corrected chi connectivity index (χ4v) is 2.60. The molecular formula is C22H22N4O3. The van der Waals surface area contributed by atoms with Gasteiger partial charge in [0.2, 0.25) is 0 Å². The Morgan fingerprint density at radius 3 is 2.14 bits per heavy atom. The first-order valence-corrected chi connectivity index (χ1v) is 9.17. The van der Waals surface area contributed by atoms with Gasteiger partial charge in [0.05, 0.1) is 13.2 Å². The van der Waals surface area contributed by atoms with Crippen LogP contribution in [-0.2, 0) is 9.53 Å². The molecule has 0 radical (unpaired) electrons. The normalized spacial score (nSPS) is 11.2. The highest BCUT2D eigenvalue weighted by molar-refractivity contribution is 5.87. The molecule has 7 nitrogen and oxygen atoms in total. The number of pyridine rings is 2. The third kappa shape index (κ3) is 5.63. The Bertz CT molecular complexity index is 1140.